The van der Waals surface area contributed by atoms with E-state index >= 15 is 0 Å². The minimum atomic E-state index is -0.741. The molecule has 0 bridgehead atoms. The highest BCUT2D eigenvalue weighted by Gasteiger charge is 2.27. The summed E-state index contributed by atoms with van der Waals surface area (Å²) >= 11 is 5.97. The zero-order chi connectivity index (χ0) is 17.6. The van der Waals surface area contributed by atoms with E-state index in [-0.39, 0.29) is 5.91 Å². The van der Waals surface area contributed by atoms with Crippen LogP contribution in [-0.4, -0.2) is 5.91 Å². The normalized spacial score (nSPS) is 11.4. The van der Waals surface area contributed by atoms with E-state index in [0.717, 1.165) is 5.56 Å². The van der Waals surface area contributed by atoms with Gasteiger partial charge in [0.15, 0.2) is 0 Å². The van der Waals surface area contributed by atoms with Crippen LogP contribution < -0.4 is 4.90 Å². The Labute approximate surface area is 151 Å². The first-order valence-corrected chi connectivity index (χ1v) is 8.17. The number of hydrogen-bond acceptors (Lipinski definition) is 2. The molecule has 1 amide bonds. The van der Waals surface area contributed by atoms with Gasteiger partial charge in [0.25, 0.3) is 5.91 Å². The van der Waals surface area contributed by atoms with Gasteiger partial charge in [-0.1, -0.05) is 60.1 Å². The molecule has 0 radical (unpaired) electrons. The van der Waals surface area contributed by atoms with Crippen LogP contribution >= 0.6 is 11.6 Å². The first kappa shape index (κ1) is 16.8. The Kier molecular flexibility index (Phi) is 5.13. The highest BCUT2D eigenvalue weighted by Crippen LogP contribution is 2.29. The van der Waals surface area contributed by atoms with Crippen molar-refractivity contribution >= 4 is 23.2 Å². The Morgan fingerprint density at radius 2 is 1.44 bits per heavy atom. The second kappa shape index (κ2) is 7.65. The Morgan fingerprint density at radius 1 is 0.880 bits per heavy atom. The molecule has 4 heteroatoms. The number of benzene rings is 3. The maximum Gasteiger partial charge on any atom is 0.259 e. The van der Waals surface area contributed by atoms with E-state index in [4.69, 9.17) is 11.6 Å². The van der Waals surface area contributed by atoms with Crippen LogP contribution in [0.15, 0.2) is 84.9 Å². The molecular formula is C21H15ClN2O. The second-order valence-corrected chi connectivity index (χ2v) is 5.90. The first-order valence-electron chi connectivity index (χ1n) is 7.79. The highest BCUT2D eigenvalue weighted by molar-refractivity contribution is 6.30. The third-order valence-corrected chi connectivity index (χ3v) is 4.09. The van der Waals surface area contributed by atoms with Crippen LogP contribution in [0.25, 0.3) is 0 Å². The number of halogens is 1. The molecule has 1 unspecified atom stereocenters. The van der Waals surface area contributed by atoms with Gasteiger partial charge >= 0.3 is 0 Å². The number of hydrogen-bond donors (Lipinski definition) is 0. The molecule has 1 atom stereocenters. The molecule has 0 aliphatic carbocycles. The average Bonchev–Trinajstić information content (AvgIpc) is 2.68. The zero-order valence-corrected chi connectivity index (χ0v) is 14.1. The Morgan fingerprint density at radius 3 is 2.00 bits per heavy atom. The van der Waals surface area contributed by atoms with Crippen molar-refractivity contribution in [3.05, 3.63) is 101 Å². The Hall–Kier alpha value is -3.09. The lowest BCUT2D eigenvalue weighted by Crippen LogP contribution is -2.34. The predicted molar refractivity (Wildman–Crippen MR) is 99.5 cm³/mol. The van der Waals surface area contributed by atoms with Gasteiger partial charge in [-0.25, -0.2) is 0 Å². The van der Waals surface area contributed by atoms with Crippen LogP contribution in [0.4, 0.5) is 5.69 Å². The third kappa shape index (κ3) is 3.71. The molecule has 0 aliphatic heterocycles. The summed E-state index contributed by atoms with van der Waals surface area (Å²) in [6, 6.07) is 26.6. The highest BCUT2D eigenvalue weighted by atomic mass is 35.5. The predicted octanol–water partition coefficient (Wildman–Crippen LogP) is 5.25. The molecule has 0 saturated heterocycles. The summed E-state index contributed by atoms with van der Waals surface area (Å²) in [5.74, 6) is -0.238. The van der Waals surface area contributed by atoms with Gasteiger partial charge in [-0.2, -0.15) is 5.26 Å². The molecule has 3 nitrogen and oxygen atoms in total. The maximum atomic E-state index is 13.1. The van der Waals surface area contributed by atoms with Crippen LogP contribution in [0, 0.1) is 11.3 Å². The van der Waals surface area contributed by atoms with E-state index in [1.807, 2.05) is 36.4 Å². The molecule has 0 fully saturated rings. The van der Waals surface area contributed by atoms with E-state index in [1.165, 1.54) is 4.90 Å². The molecule has 25 heavy (non-hydrogen) atoms. The van der Waals surface area contributed by atoms with Gasteiger partial charge in [-0.05, 0) is 42.0 Å². The molecule has 0 aromatic heterocycles. The van der Waals surface area contributed by atoms with Gasteiger partial charge < -0.3 is 0 Å². The molecule has 0 N–H and O–H groups in total. The van der Waals surface area contributed by atoms with Crippen molar-refractivity contribution in [2.45, 2.75) is 6.04 Å². The molecular weight excluding hydrogens is 332 g/mol. The lowest BCUT2D eigenvalue weighted by atomic mass is 10.0. The summed E-state index contributed by atoms with van der Waals surface area (Å²) in [4.78, 5) is 14.6. The standard InChI is InChI=1S/C21H15ClN2O/c22-18-11-13-19(14-12-18)24(21(25)17-9-5-2-6-10-17)20(15-23)16-7-3-1-4-8-16/h1-14,20H. The summed E-state index contributed by atoms with van der Waals surface area (Å²) < 4.78 is 0. The number of amides is 1. The van der Waals surface area contributed by atoms with Gasteiger partial charge in [-0.3, -0.25) is 9.69 Å². The smallest absolute Gasteiger partial charge is 0.259 e. The first-order chi connectivity index (χ1) is 12.2. The average molecular weight is 347 g/mol. The molecule has 0 heterocycles. The van der Waals surface area contributed by atoms with Crippen LogP contribution in [0.5, 0.6) is 0 Å². The number of carbonyl (C=O) groups is 1. The van der Waals surface area contributed by atoms with Gasteiger partial charge in [0.2, 0.25) is 0 Å². The lowest BCUT2D eigenvalue weighted by molar-refractivity contribution is 0.0981. The monoisotopic (exact) mass is 346 g/mol. The van der Waals surface area contributed by atoms with E-state index in [2.05, 4.69) is 6.07 Å². The number of nitrogens with zero attached hydrogens (tertiary/aromatic N) is 2. The third-order valence-electron chi connectivity index (χ3n) is 3.84. The fraction of sp³-hybridized carbons (Fsp3) is 0.0476. The maximum absolute atomic E-state index is 13.1. The largest absolute Gasteiger partial charge is 0.288 e. The summed E-state index contributed by atoms with van der Waals surface area (Å²) in [6.07, 6.45) is 0. The van der Waals surface area contributed by atoms with Crippen molar-refractivity contribution < 1.29 is 4.79 Å². The molecule has 3 rings (SSSR count). The topological polar surface area (TPSA) is 44.1 Å². The van der Waals surface area contributed by atoms with Crippen LogP contribution in [-0.2, 0) is 0 Å². The molecule has 3 aromatic carbocycles. The van der Waals surface area contributed by atoms with Crippen molar-refractivity contribution in [2.24, 2.45) is 0 Å². The summed E-state index contributed by atoms with van der Waals surface area (Å²) in [7, 11) is 0. The van der Waals surface area contributed by atoms with Crippen molar-refractivity contribution in [1.29, 1.82) is 5.26 Å². The van der Waals surface area contributed by atoms with E-state index in [0.29, 0.717) is 16.3 Å². The van der Waals surface area contributed by atoms with Gasteiger partial charge in [-0.15, -0.1) is 0 Å². The molecule has 122 valence electrons. The number of rotatable bonds is 4. The zero-order valence-electron chi connectivity index (χ0n) is 13.3. The number of nitriles is 1. The fourth-order valence-corrected chi connectivity index (χ4v) is 2.75. The van der Waals surface area contributed by atoms with Crippen molar-refractivity contribution in [3.8, 4) is 6.07 Å². The fourth-order valence-electron chi connectivity index (χ4n) is 2.62. The number of anilines is 1. The van der Waals surface area contributed by atoms with Gasteiger partial charge in [0, 0.05) is 16.3 Å². The minimum absolute atomic E-state index is 0.238. The summed E-state index contributed by atoms with van der Waals surface area (Å²) in [5, 5.41) is 10.4. The summed E-state index contributed by atoms with van der Waals surface area (Å²) in [6.45, 7) is 0. The van der Waals surface area contributed by atoms with E-state index in [1.54, 1.807) is 48.5 Å². The molecule has 0 spiro atoms. The molecule has 0 aliphatic rings. The van der Waals surface area contributed by atoms with Crippen LogP contribution in [0.2, 0.25) is 5.02 Å². The Balaban J connectivity index is 2.10. The summed E-state index contributed by atoms with van der Waals surface area (Å²) in [5.41, 5.74) is 1.89. The van der Waals surface area contributed by atoms with Gasteiger partial charge in [0.1, 0.15) is 6.04 Å². The van der Waals surface area contributed by atoms with Crippen molar-refractivity contribution in [1.82, 2.24) is 0 Å². The van der Waals surface area contributed by atoms with Crippen molar-refractivity contribution in [2.75, 3.05) is 4.90 Å². The number of carbonyl (C=O) groups excluding carboxylic acids is 1. The second-order valence-electron chi connectivity index (χ2n) is 5.46. The minimum Gasteiger partial charge on any atom is -0.288 e. The Bertz CT molecular complexity index is 887. The van der Waals surface area contributed by atoms with Crippen molar-refractivity contribution in [3.63, 3.8) is 0 Å². The van der Waals surface area contributed by atoms with Crippen LogP contribution in [0.1, 0.15) is 22.0 Å². The van der Waals surface area contributed by atoms with Crippen LogP contribution in [0.3, 0.4) is 0 Å². The molecule has 3 aromatic rings. The SMILES string of the molecule is N#CC(c1ccccc1)N(C(=O)c1ccccc1)c1ccc(Cl)cc1. The van der Waals surface area contributed by atoms with E-state index in [9.17, 15) is 10.1 Å². The molecule has 0 saturated carbocycles. The lowest BCUT2D eigenvalue weighted by Gasteiger charge is -2.28. The quantitative estimate of drug-likeness (QED) is 0.647. The van der Waals surface area contributed by atoms with Gasteiger partial charge in [0.05, 0.1) is 6.07 Å². The van der Waals surface area contributed by atoms with E-state index < -0.39 is 6.04 Å².